The van der Waals surface area contributed by atoms with Crippen LogP contribution in [0.3, 0.4) is 0 Å². The Morgan fingerprint density at radius 3 is 2.08 bits per heavy atom. The Morgan fingerprint density at radius 1 is 0.962 bits per heavy atom. The fraction of sp³-hybridized carbons (Fsp3) is 0.235. The molecule has 0 aromatic heterocycles. The maximum Gasteiger partial charge on any atom is 0.335 e. The molecule has 0 unspecified atom stereocenters. The normalized spacial score (nSPS) is 10.9. The van der Waals surface area contributed by atoms with Crippen LogP contribution in [0.2, 0.25) is 0 Å². The van der Waals surface area contributed by atoms with Crippen molar-refractivity contribution in [2.45, 2.75) is 11.8 Å². The Morgan fingerprint density at radius 2 is 1.54 bits per heavy atom. The van der Waals surface area contributed by atoms with Gasteiger partial charge in [0.2, 0.25) is 0 Å². The molecule has 0 saturated carbocycles. The van der Waals surface area contributed by atoms with Gasteiger partial charge in [-0.25, -0.2) is 13.2 Å². The van der Waals surface area contributed by atoms with Crippen LogP contribution in [0.4, 0.5) is 5.69 Å². The van der Waals surface area contributed by atoms with Crippen LogP contribution < -0.4 is 18.9 Å². The van der Waals surface area contributed by atoms with Crippen molar-refractivity contribution in [3.8, 4) is 17.2 Å². The number of carboxylic acid groups (broad SMARTS) is 1. The Balaban J connectivity index is 2.53. The molecule has 0 aliphatic rings. The highest BCUT2D eigenvalue weighted by atomic mass is 32.2. The van der Waals surface area contributed by atoms with Gasteiger partial charge in [-0.1, -0.05) is 0 Å². The second-order valence-corrected chi connectivity index (χ2v) is 6.95. The molecule has 9 heteroatoms. The van der Waals surface area contributed by atoms with Crippen LogP contribution in [-0.2, 0) is 10.0 Å². The average Bonchev–Trinajstić information content (AvgIpc) is 2.62. The fourth-order valence-electron chi connectivity index (χ4n) is 2.31. The molecule has 0 saturated heterocycles. The number of hydrogen-bond acceptors (Lipinski definition) is 6. The van der Waals surface area contributed by atoms with Gasteiger partial charge < -0.3 is 19.3 Å². The van der Waals surface area contributed by atoms with E-state index in [2.05, 4.69) is 4.72 Å². The van der Waals surface area contributed by atoms with Crippen LogP contribution in [0.15, 0.2) is 35.2 Å². The molecule has 8 nitrogen and oxygen atoms in total. The third-order valence-electron chi connectivity index (χ3n) is 3.67. The first-order valence-corrected chi connectivity index (χ1v) is 8.88. The Kier molecular flexibility index (Phi) is 5.61. The fourth-order valence-corrected chi connectivity index (χ4v) is 3.63. The van der Waals surface area contributed by atoms with Gasteiger partial charge in [0.25, 0.3) is 10.0 Å². The molecule has 0 amide bonds. The second-order valence-electron chi connectivity index (χ2n) is 5.30. The maximum atomic E-state index is 12.8. The summed E-state index contributed by atoms with van der Waals surface area (Å²) in [5.41, 5.74) is 0.695. The van der Waals surface area contributed by atoms with Gasteiger partial charge in [0.1, 0.15) is 10.6 Å². The van der Waals surface area contributed by atoms with Gasteiger partial charge >= 0.3 is 5.97 Å². The molecule has 0 radical (unpaired) electrons. The minimum Gasteiger partial charge on any atom is -0.495 e. The van der Waals surface area contributed by atoms with E-state index in [1.165, 1.54) is 39.5 Å². The summed E-state index contributed by atoms with van der Waals surface area (Å²) in [6.07, 6.45) is 0. The van der Waals surface area contributed by atoms with Crippen LogP contribution in [0.5, 0.6) is 17.2 Å². The van der Waals surface area contributed by atoms with E-state index in [1.54, 1.807) is 13.0 Å². The van der Waals surface area contributed by atoms with Crippen molar-refractivity contribution in [1.82, 2.24) is 0 Å². The quantitative estimate of drug-likeness (QED) is 0.758. The number of ether oxygens (including phenoxy) is 3. The third-order valence-corrected chi connectivity index (χ3v) is 5.06. The van der Waals surface area contributed by atoms with Gasteiger partial charge in [-0.15, -0.1) is 0 Å². The van der Waals surface area contributed by atoms with Crippen molar-refractivity contribution >= 4 is 21.7 Å². The lowest BCUT2D eigenvalue weighted by atomic mass is 10.2. The van der Waals surface area contributed by atoms with Crippen LogP contribution in [0, 0.1) is 6.92 Å². The van der Waals surface area contributed by atoms with Crippen LogP contribution in [0.1, 0.15) is 15.9 Å². The van der Waals surface area contributed by atoms with Gasteiger partial charge in [-0.05, 0) is 36.8 Å². The van der Waals surface area contributed by atoms with Crippen molar-refractivity contribution in [1.29, 1.82) is 0 Å². The number of aromatic carboxylic acids is 1. The number of benzene rings is 2. The largest absolute Gasteiger partial charge is 0.495 e. The molecule has 0 fully saturated rings. The third kappa shape index (κ3) is 3.83. The van der Waals surface area contributed by atoms with Gasteiger partial charge in [0.05, 0.1) is 32.6 Å². The summed E-state index contributed by atoms with van der Waals surface area (Å²) in [7, 11) is 0.0991. The molecule has 0 atom stereocenters. The number of carbonyl (C=O) groups is 1. The van der Waals surface area contributed by atoms with Gasteiger partial charge in [-0.3, -0.25) is 4.72 Å². The molecule has 2 N–H and O–H groups in total. The minimum absolute atomic E-state index is 0.0284. The molecule has 0 heterocycles. The first kappa shape index (κ1) is 19.4. The highest BCUT2D eigenvalue weighted by Gasteiger charge is 2.23. The average molecular weight is 381 g/mol. The highest BCUT2D eigenvalue weighted by Crippen LogP contribution is 2.35. The summed E-state index contributed by atoms with van der Waals surface area (Å²) in [5.74, 6) is -0.410. The topological polar surface area (TPSA) is 111 Å². The summed E-state index contributed by atoms with van der Waals surface area (Å²) in [4.78, 5) is 10.9. The van der Waals surface area contributed by atoms with Gasteiger partial charge in [0, 0.05) is 6.07 Å². The Hall–Kier alpha value is -2.94. The lowest BCUT2D eigenvalue weighted by molar-refractivity contribution is 0.0696. The number of nitrogens with one attached hydrogen (secondary N) is 1. The summed E-state index contributed by atoms with van der Waals surface area (Å²) < 4.78 is 43.5. The van der Waals surface area contributed by atoms with Crippen LogP contribution in [-0.4, -0.2) is 40.8 Å². The van der Waals surface area contributed by atoms with Gasteiger partial charge in [0.15, 0.2) is 11.5 Å². The Bertz CT molecular complexity index is 938. The van der Waals surface area contributed by atoms with Crippen LogP contribution >= 0.6 is 0 Å². The molecule has 140 valence electrons. The molecule has 0 spiro atoms. The number of sulfonamides is 1. The molecule has 2 rings (SSSR count). The van der Waals surface area contributed by atoms with E-state index in [9.17, 15) is 13.2 Å². The number of aryl methyl sites for hydroxylation is 1. The number of rotatable bonds is 7. The minimum atomic E-state index is -4.11. The summed E-state index contributed by atoms with van der Waals surface area (Å²) >= 11 is 0. The smallest absolute Gasteiger partial charge is 0.335 e. The Labute approximate surface area is 151 Å². The van der Waals surface area contributed by atoms with E-state index in [4.69, 9.17) is 19.3 Å². The van der Waals surface area contributed by atoms with Crippen molar-refractivity contribution < 1.29 is 32.5 Å². The van der Waals surface area contributed by atoms with E-state index in [1.807, 2.05) is 0 Å². The molecule has 26 heavy (non-hydrogen) atoms. The van der Waals surface area contributed by atoms with Crippen molar-refractivity contribution in [2.75, 3.05) is 26.1 Å². The molecule has 2 aromatic carbocycles. The SMILES string of the molecule is COc1cc(C)c(NS(=O)(=O)c2cc(C(=O)O)ccc2OC)cc1OC. The molecule has 0 bridgehead atoms. The number of carboxylic acids is 1. The maximum absolute atomic E-state index is 12.8. The first-order valence-electron chi connectivity index (χ1n) is 7.40. The van der Waals surface area contributed by atoms with E-state index in [-0.39, 0.29) is 21.9 Å². The summed E-state index contributed by atoms with van der Waals surface area (Å²) in [6.45, 7) is 1.70. The number of methoxy groups -OCH3 is 3. The zero-order valence-corrected chi connectivity index (χ0v) is 15.5. The lowest BCUT2D eigenvalue weighted by Crippen LogP contribution is -2.16. The van der Waals surface area contributed by atoms with Crippen molar-refractivity contribution in [3.05, 3.63) is 41.5 Å². The predicted octanol–water partition coefficient (Wildman–Crippen LogP) is 2.52. The monoisotopic (exact) mass is 381 g/mol. The first-order chi connectivity index (χ1) is 12.2. The van der Waals surface area contributed by atoms with Gasteiger partial charge in [-0.2, -0.15) is 0 Å². The lowest BCUT2D eigenvalue weighted by Gasteiger charge is -2.16. The number of anilines is 1. The predicted molar refractivity (Wildman–Crippen MR) is 95.0 cm³/mol. The molecule has 0 aliphatic carbocycles. The molecule has 0 aliphatic heterocycles. The van der Waals surface area contributed by atoms with E-state index >= 15 is 0 Å². The van der Waals surface area contributed by atoms with Crippen molar-refractivity contribution in [3.63, 3.8) is 0 Å². The molecule has 2 aromatic rings. The van der Waals surface area contributed by atoms with Crippen molar-refractivity contribution in [2.24, 2.45) is 0 Å². The summed E-state index contributed by atoms with van der Waals surface area (Å²) in [5, 5.41) is 9.11. The van der Waals surface area contributed by atoms with E-state index in [0.717, 1.165) is 6.07 Å². The zero-order valence-electron chi connectivity index (χ0n) is 14.7. The van der Waals surface area contributed by atoms with E-state index < -0.39 is 16.0 Å². The molecular weight excluding hydrogens is 362 g/mol. The molecular formula is C17H19NO7S. The second kappa shape index (κ2) is 7.52. The standard InChI is InChI=1S/C17H19NO7S/c1-10-7-14(24-3)15(25-4)9-12(10)18-26(21,22)16-8-11(17(19)20)5-6-13(16)23-2/h5-9,18H,1-4H3,(H,19,20). The number of hydrogen-bond donors (Lipinski definition) is 2. The zero-order chi connectivity index (χ0) is 19.5. The van der Waals surface area contributed by atoms with Crippen LogP contribution in [0.25, 0.3) is 0 Å². The highest BCUT2D eigenvalue weighted by molar-refractivity contribution is 7.92. The summed E-state index contributed by atoms with van der Waals surface area (Å²) in [6, 6.07) is 6.71. The van der Waals surface area contributed by atoms with E-state index in [0.29, 0.717) is 17.1 Å².